The van der Waals surface area contributed by atoms with Crippen molar-refractivity contribution >= 4 is 17.6 Å². The Hall–Kier alpha value is -2.11. The average molecular weight is 232 g/mol. The molecule has 2 N–H and O–H groups in total. The molecule has 0 aromatic carbocycles. The fourth-order valence-corrected chi connectivity index (χ4v) is 1.38. The summed E-state index contributed by atoms with van der Waals surface area (Å²) in [6, 6.07) is 3.72. The molecular formula is C11H16N6. The van der Waals surface area contributed by atoms with E-state index in [1.165, 1.54) is 0 Å². The molecule has 90 valence electrons. The van der Waals surface area contributed by atoms with Crippen molar-refractivity contribution in [2.24, 2.45) is 7.05 Å². The largest absolute Gasteiger partial charge is 0.370 e. The number of hydrogen-bond donors (Lipinski definition) is 2. The molecule has 2 heterocycles. The van der Waals surface area contributed by atoms with Crippen LogP contribution in [0.15, 0.2) is 24.5 Å². The highest BCUT2D eigenvalue weighted by Gasteiger charge is 2.02. The van der Waals surface area contributed by atoms with Gasteiger partial charge >= 0.3 is 0 Å². The van der Waals surface area contributed by atoms with Crippen LogP contribution >= 0.6 is 0 Å². The van der Waals surface area contributed by atoms with Gasteiger partial charge in [-0.2, -0.15) is 10.1 Å². The second kappa shape index (κ2) is 5.29. The molecule has 6 nitrogen and oxygen atoms in total. The fourth-order valence-electron chi connectivity index (χ4n) is 1.38. The van der Waals surface area contributed by atoms with Gasteiger partial charge in [0.1, 0.15) is 11.6 Å². The predicted molar refractivity (Wildman–Crippen MR) is 67.3 cm³/mol. The first kappa shape index (κ1) is 11.4. The zero-order valence-electron chi connectivity index (χ0n) is 10.0. The van der Waals surface area contributed by atoms with Gasteiger partial charge in [-0.1, -0.05) is 6.92 Å². The van der Waals surface area contributed by atoms with E-state index in [4.69, 9.17) is 0 Å². The van der Waals surface area contributed by atoms with Crippen molar-refractivity contribution in [2.75, 3.05) is 17.2 Å². The van der Waals surface area contributed by atoms with Crippen molar-refractivity contribution in [1.29, 1.82) is 0 Å². The van der Waals surface area contributed by atoms with Gasteiger partial charge in [0.2, 0.25) is 5.95 Å². The summed E-state index contributed by atoms with van der Waals surface area (Å²) in [4.78, 5) is 8.51. The second-order valence-corrected chi connectivity index (χ2v) is 3.66. The molecule has 0 aliphatic carbocycles. The molecule has 2 aromatic heterocycles. The molecule has 0 atom stereocenters. The van der Waals surface area contributed by atoms with Gasteiger partial charge in [0.05, 0.1) is 6.20 Å². The van der Waals surface area contributed by atoms with Gasteiger partial charge in [-0.3, -0.25) is 4.68 Å². The van der Waals surface area contributed by atoms with Crippen molar-refractivity contribution in [2.45, 2.75) is 13.3 Å². The normalized spacial score (nSPS) is 10.2. The molecule has 0 amide bonds. The van der Waals surface area contributed by atoms with E-state index in [2.05, 4.69) is 32.6 Å². The zero-order chi connectivity index (χ0) is 12.1. The number of hydrogen-bond acceptors (Lipinski definition) is 5. The van der Waals surface area contributed by atoms with E-state index in [1.807, 2.05) is 19.2 Å². The molecule has 0 unspecified atom stereocenters. The van der Waals surface area contributed by atoms with Crippen molar-refractivity contribution < 1.29 is 0 Å². The SMILES string of the molecule is CCCNc1ccnc(Nc2ccnn2C)n1. The third-order valence-corrected chi connectivity index (χ3v) is 2.27. The van der Waals surface area contributed by atoms with Crippen LogP contribution < -0.4 is 10.6 Å². The minimum Gasteiger partial charge on any atom is -0.370 e. The van der Waals surface area contributed by atoms with Crippen molar-refractivity contribution in [3.63, 3.8) is 0 Å². The molecule has 2 rings (SSSR count). The van der Waals surface area contributed by atoms with Crippen LogP contribution in [0.3, 0.4) is 0 Å². The monoisotopic (exact) mass is 232 g/mol. The quantitative estimate of drug-likeness (QED) is 0.822. The molecule has 6 heteroatoms. The number of aromatic nitrogens is 4. The van der Waals surface area contributed by atoms with Gasteiger partial charge in [0.15, 0.2) is 0 Å². The maximum absolute atomic E-state index is 4.35. The molecule has 0 aliphatic rings. The lowest BCUT2D eigenvalue weighted by Crippen LogP contribution is -2.06. The Labute approximate surface area is 100 Å². The van der Waals surface area contributed by atoms with Crippen molar-refractivity contribution in [3.8, 4) is 0 Å². The molecule has 0 saturated heterocycles. The highest BCUT2D eigenvalue weighted by molar-refractivity contribution is 5.50. The van der Waals surface area contributed by atoms with E-state index >= 15 is 0 Å². The van der Waals surface area contributed by atoms with Gasteiger partial charge in [0.25, 0.3) is 0 Å². The van der Waals surface area contributed by atoms with Gasteiger partial charge in [0, 0.05) is 25.9 Å². The summed E-state index contributed by atoms with van der Waals surface area (Å²) in [5, 5.41) is 10.4. The van der Waals surface area contributed by atoms with Crippen LogP contribution in [0.2, 0.25) is 0 Å². The molecule has 0 fully saturated rings. The summed E-state index contributed by atoms with van der Waals surface area (Å²) in [5.74, 6) is 2.25. The molecule has 0 bridgehead atoms. The minimum atomic E-state index is 0.565. The van der Waals surface area contributed by atoms with Crippen LogP contribution in [0.4, 0.5) is 17.6 Å². The number of nitrogens with one attached hydrogen (secondary N) is 2. The Kier molecular flexibility index (Phi) is 3.54. The molecule has 17 heavy (non-hydrogen) atoms. The second-order valence-electron chi connectivity index (χ2n) is 3.66. The van der Waals surface area contributed by atoms with E-state index in [-0.39, 0.29) is 0 Å². The lowest BCUT2D eigenvalue weighted by molar-refractivity contribution is 0.775. The van der Waals surface area contributed by atoms with E-state index in [0.29, 0.717) is 5.95 Å². The van der Waals surface area contributed by atoms with Crippen LogP contribution in [-0.2, 0) is 7.05 Å². The highest BCUT2D eigenvalue weighted by atomic mass is 15.3. The topological polar surface area (TPSA) is 67.7 Å². The van der Waals surface area contributed by atoms with Gasteiger partial charge in [-0.05, 0) is 12.5 Å². The Morgan fingerprint density at radius 1 is 1.29 bits per heavy atom. The molecule has 0 aliphatic heterocycles. The predicted octanol–water partition coefficient (Wildman–Crippen LogP) is 1.78. The Bertz CT molecular complexity index is 478. The first-order chi connectivity index (χ1) is 8.29. The first-order valence-electron chi connectivity index (χ1n) is 5.61. The molecular weight excluding hydrogens is 216 g/mol. The highest BCUT2D eigenvalue weighted by Crippen LogP contribution is 2.12. The Balaban J connectivity index is 2.08. The van der Waals surface area contributed by atoms with Crippen LogP contribution in [-0.4, -0.2) is 26.3 Å². The molecule has 0 saturated carbocycles. The van der Waals surface area contributed by atoms with Crippen LogP contribution in [0.25, 0.3) is 0 Å². The zero-order valence-corrected chi connectivity index (χ0v) is 10.0. The average Bonchev–Trinajstić information content (AvgIpc) is 2.73. The number of rotatable bonds is 5. The summed E-state index contributed by atoms with van der Waals surface area (Å²) >= 11 is 0. The van der Waals surface area contributed by atoms with Crippen LogP contribution in [0, 0.1) is 0 Å². The number of nitrogens with zero attached hydrogens (tertiary/aromatic N) is 4. The smallest absolute Gasteiger partial charge is 0.230 e. The summed E-state index contributed by atoms with van der Waals surface area (Å²) in [7, 11) is 1.86. The minimum absolute atomic E-state index is 0.565. The first-order valence-corrected chi connectivity index (χ1v) is 5.61. The summed E-state index contributed by atoms with van der Waals surface area (Å²) in [6.45, 7) is 3.02. The van der Waals surface area contributed by atoms with Gasteiger partial charge in [-0.25, -0.2) is 4.98 Å². The number of anilines is 3. The fraction of sp³-hybridized carbons (Fsp3) is 0.364. The lowest BCUT2D eigenvalue weighted by atomic mass is 10.4. The summed E-state index contributed by atoms with van der Waals surface area (Å²) in [6.07, 6.45) is 4.51. The van der Waals surface area contributed by atoms with Crippen LogP contribution in [0.1, 0.15) is 13.3 Å². The molecule has 0 radical (unpaired) electrons. The summed E-state index contributed by atoms with van der Waals surface area (Å²) in [5.41, 5.74) is 0. The van der Waals surface area contributed by atoms with E-state index in [1.54, 1.807) is 17.1 Å². The third-order valence-electron chi connectivity index (χ3n) is 2.27. The maximum Gasteiger partial charge on any atom is 0.230 e. The van der Waals surface area contributed by atoms with E-state index in [9.17, 15) is 0 Å². The van der Waals surface area contributed by atoms with Gasteiger partial charge < -0.3 is 10.6 Å². The lowest BCUT2D eigenvalue weighted by Gasteiger charge is -2.07. The van der Waals surface area contributed by atoms with Gasteiger partial charge in [-0.15, -0.1) is 0 Å². The Morgan fingerprint density at radius 3 is 2.88 bits per heavy atom. The molecule has 0 spiro atoms. The van der Waals surface area contributed by atoms with E-state index in [0.717, 1.165) is 24.6 Å². The number of aryl methyl sites for hydroxylation is 1. The van der Waals surface area contributed by atoms with Crippen LogP contribution in [0.5, 0.6) is 0 Å². The standard InChI is InChI=1S/C11H16N6/c1-3-6-12-9-4-7-13-11(15-9)16-10-5-8-14-17(10)2/h4-5,7-8H,3,6H2,1-2H3,(H2,12,13,15,16). The molecule has 2 aromatic rings. The summed E-state index contributed by atoms with van der Waals surface area (Å²) < 4.78 is 1.73. The Morgan fingerprint density at radius 2 is 2.18 bits per heavy atom. The van der Waals surface area contributed by atoms with Crippen molar-refractivity contribution in [1.82, 2.24) is 19.7 Å². The van der Waals surface area contributed by atoms with E-state index < -0.39 is 0 Å². The third kappa shape index (κ3) is 2.93. The van der Waals surface area contributed by atoms with Crippen molar-refractivity contribution in [3.05, 3.63) is 24.5 Å². The maximum atomic E-state index is 4.35.